The van der Waals surface area contributed by atoms with E-state index in [1.165, 1.54) is 0 Å². The number of para-hydroxylation sites is 1. The van der Waals surface area contributed by atoms with E-state index in [1.54, 1.807) is 31.4 Å². The monoisotopic (exact) mass is 409 g/mol. The molecule has 0 spiro atoms. The summed E-state index contributed by atoms with van der Waals surface area (Å²) < 4.78 is 10.9. The van der Waals surface area contributed by atoms with Gasteiger partial charge in [-0.1, -0.05) is 53.2 Å². The topological polar surface area (TPSA) is 77.2 Å². The quantitative estimate of drug-likeness (QED) is 0.590. The number of methoxy groups -OCH3 is 1. The van der Waals surface area contributed by atoms with Crippen molar-refractivity contribution in [3.63, 3.8) is 0 Å². The second-order valence-corrected chi connectivity index (χ2v) is 6.72. The lowest BCUT2D eigenvalue weighted by Crippen LogP contribution is -2.14. The standard InChI is InChI=1S/C17H13Cl2N3O3S/c1-24-13-8-3-2-5-10(13)16-21-22-17(25-16)26-9-14(23)20-12-7-4-6-11(18)15(12)19/h2-8H,9H2,1H3,(H,20,23). The number of benzene rings is 2. The molecule has 2 aromatic carbocycles. The van der Waals surface area contributed by atoms with Gasteiger partial charge in [-0.3, -0.25) is 4.79 Å². The van der Waals surface area contributed by atoms with Crippen molar-refractivity contribution in [3.8, 4) is 17.2 Å². The fourth-order valence-corrected chi connectivity index (χ4v) is 3.02. The first-order valence-corrected chi connectivity index (χ1v) is 9.16. The van der Waals surface area contributed by atoms with E-state index in [1.807, 2.05) is 18.2 Å². The van der Waals surface area contributed by atoms with Crippen molar-refractivity contribution in [1.29, 1.82) is 0 Å². The lowest BCUT2D eigenvalue weighted by molar-refractivity contribution is -0.113. The van der Waals surface area contributed by atoms with Gasteiger partial charge in [0, 0.05) is 0 Å². The van der Waals surface area contributed by atoms with Crippen LogP contribution >= 0.6 is 35.0 Å². The molecule has 0 fully saturated rings. The van der Waals surface area contributed by atoms with E-state index in [2.05, 4.69) is 15.5 Å². The number of nitrogens with zero attached hydrogens (tertiary/aromatic N) is 2. The van der Waals surface area contributed by atoms with Crippen molar-refractivity contribution in [2.24, 2.45) is 0 Å². The molecule has 1 N–H and O–H groups in total. The number of amides is 1. The number of carbonyl (C=O) groups excluding carboxylic acids is 1. The molecular weight excluding hydrogens is 397 g/mol. The number of aromatic nitrogens is 2. The Morgan fingerprint density at radius 3 is 2.81 bits per heavy atom. The van der Waals surface area contributed by atoms with E-state index >= 15 is 0 Å². The number of halogens is 2. The molecule has 9 heteroatoms. The summed E-state index contributed by atoms with van der Waals surface area (Å²) >= 11 is 13.1. The minimum atomic E-state index is -0.267. The number of hydrogen-bond donors (Lipinski definition) is 1. The second-order valence-electron chi connectivity index (χ2n) is 5.01. The van der Waals surface area contributed by atoms with Crippen molar-refractivity contribution < 1.29 is 13.9 Å². The van der Waals surface area contributed by atoms with E-state index in [0.29, 0.717) is 32.9 Å². The highest BCUT2D eigenvalue weighted by atomic mass is 35.5. The second kappa shape index (κ2) is 8.44. The SMILES string of the molecule is COc1ccccc1-c1nnc(SCC(=O)Nc2cccc(Cl)c2Cl)o1. The van der Waals surface area contributed by atoms with Gasteiger partial charge in [-0.05, 0) is 24.3 Å². The number of thioether (sulfide) groups is 1. The van der Waals surface area contributed by atoms with Gasteiger partial charge in [0.15, 0.2) is 0 Å². The van der Waals surface area contributed by atoms with Gasteiger partial charge in [-0.25, -0.2) is 0 Å². The smallest absolute Gasteiger partial charge is 0.277 e. The van der Waals surface area contributed by atoms with Crippen LogP contribution in [-0.2, 0) is 4.79 Å². The molecule has 3 rings (SSSR count). The van der Waals surface area contributed by atoms with Gasteiger partial charge in [0.25, 0.3) is 11.1 Å². The van der Waals surface area contributed by atoms with Gasteiger partial charge in [-0.15, -0.1) is 10.2 Å². The molecule has 0 saturated carbocycles. The third kappa shape index (κ3) is 4.30. The Balaban J connectivity index is 1.63. The molecule has 26 heavy (non-hydrogen) atoms. The zero-order valence-corrected chi connectivity index (χ0v) is 15.9. The summed E-state index contributed by atoms with van der Waals surface area (Å²) in [5, 5.41) is 11.6. The molecule has 0 saturated heterocycles. The molecule has 0 bridgehead atoms. The van der Waals surface area contributed by atoms with Crippen LogP contribution in [0.3, 0.4) is 0 Å². The molecule has 6 nitrogen and oxygen atoms in total. The van der Waals surface area contributed by atoms with Crippen LogP contribution in [0.2, 0.25) is 10.0 Å². The molecule has 1 aromatic heterocycles. The maximum atomic E-state index is 12.1. The van der Waals surface area contributed by atoms with Crippen LogP contribution in [0.4, 0.5) is 5.69 Å². The molecule has 0 aliphatic carbocycles. The van der Waals surface area contributed by atoms with Gasteiger partial charge in [0.1, 0.15) is 5.75 Å². The maximum absolute atomic E-state index is 12.1. The number of ether oxygens (including phenoxy) is 1. The minimum absolute atomic E-state index is 0.0798. The molecule has 0 aliphatic heterocycles. The molecular formula is C17H13Cl2N3O3S. The van der Waals surface area contributed by atoms with Crippen LogP contribution in [0.5, 0.6) is 5.75 Å². The number of nitrogens with one attached hydrogen (secondary N) is 1. The molecule has 0 aliphatic rings. The third-order valence-electron chi connectivity index (χ3n) is 3.30. The molecule has 134 valence electrons. The summed E-state index contributed by atoms with van der Waals surface area (Å²) in [6, 6.07) is 12.3. The Hall–Kier alpha value is -2.22. The minimum Gasteiger partial charge on any atom is -0.496 e. The summed E-state index contributed by atoms with van der Waals surface area (Å²) in [7, 11) is 1.57. The predicted octanol–water partition coefficient (Wildman–Crippen LogP) is 4.78. The van der Waals surface area contributed by atoms with E-state index < -0.39 is 0 Å². The summed E-state index contributed by atoms with van der Waals surface area (Å²) in [5.74, 6) is 0.761. The Labute approximate surface area is 163 Å². The van der Waals surface area contributed by atoms with Crippen molar-refractivity contribution in [2.75, 3.05) is 18.2 Å². The van der Waals surface area contributed by atoms with Crippen LogP contribution < -0.4 is 10.1 Å². The first-order valence-electron chi connectivity index (χ1n) is 7.42. The highest BCUT2D eigenvalue weighted by molar-refractivity contribution is 7.99. The zero-order chi connectivity index (χ0) is 18.5. The van der Waals surface area contributed by atoms with Gasteiger partial charge < -0.3 is 14.5 Å². The molecule has 0 radical (unpaired) electrons. The van der Waals surface area contributed by atoms with Crippen LogP contribution in [0.25, 0.3) is 11.5 Å². The molecule has 0 unspecified atom stereocenters. The Bertz CT molecular complexity index is 933. The van der Waals surface area contributed by atoms with Gasteiger partial charge >= 0.3 is 0 Å². The van der Waals surface area contributed by atoms with Gasteiger partial charge in [-0.2, -0.15) is 0 Å². The maximum Gasteiger partial charge on any atom is 0.277 e. The molecule has 3 aromatic rings. The van der Waals surface area contributed by atoms with E-state index in [4.69, 9.17) is 32.4 Å². The fourth-order valence-electron chi connectivity index (χ4n) is 2.11. The molecule has 0 atom stereocenters. The highest BCUT2D eigenvalue weighted by Crippen LogP contribution is 2.31. The van der Waals surface area contributed by atoms with Gasteiger partial charge in [0.05, 0.1) is 34.2 Å². The number of carbonyl (C=O) groups is 1. The lowest BCUT2D eigenvalue weighted by atomic mass is 10.2. The van der Waals surface area contributed by atoms with Crippen LogP contribution in [0, 0.1) is 0 Å². The average molecular weight is 410 g/mol. The summed E-state index contributed by atoms with van der Waals surface area (Å²) in [6.07, 6.45) is 0. The Morgan fingerprint density at radius 1 is 1.19 bits per heavy atom. The zero-order valence-electron chi connectivity index (χ0n) is 13.5. The van der Waals surface area contributed by atoms with Crippen molar-refractivity contribution in [2.45, 2.75) is 5.22 Å². The molecule has 1 heterocycles. The van der Waals surface area contributed by atoms with Gasteiger partial charge in [0.2, 0.25) is 5.91 Å². The van der Waals surface area contributed by atoms with E-state index in [-0.39, 0.29) is 16.9 Å². The first kappa shape index (κ1) is 18.6. The Kier molecular flexibility index (Phi) is 6.03. The fraction of sp³-hybridized carbons (Fsp3) is 0.118. The third-order valence-corrected chi connectivity index (χ3v) is 4.93. The summed E-state index contributed by atoms with van der Waals surface area (Å²) in [6.45, 7) is 0. The van der Waals surface area contributed by atoms with E-state index in [9.17, 15) is 4.79 Å². The Morgan fingerprint density at radius 2 is 2.00 bits per heavy atom. The highest BCUT2D eigenvalue weighted by Gasteiger charge is 2.15. The average Bonchev–Trinajstić information content (AvgIpc) is 3.12. The van der Waals surface area contributed by atoms with Crippen molar-refractivity contribution in [3.05, 3.63) is 52.5 Å². The largest absolute Gasteiger partial charge is 0.496 e. The number of anilines is 1. The number of rotatable bonds is 6. The first-order chi connectivity index (χ1) is 12.6. The van der Waals surface area contributed by atoms with Crippen molar-refractivity contribution in [1.82, 2.24) is 10.2 Å². The predicted molar refractivity (Wildman–Crippen MR) is 102 cm³/mol. The summed E-state index contributed by atoms with van der Waals surface area (Å²) in [5.41, 5.74) is 1.13. The normalized spacial score (nSPS) is 10.6. The van der Waals surface area contributed by atoms with Crippen molar-refractivity contribution >= 4 is 46.6 Å². The number of hydrogen-bond acceptors (Lipinski definition) is 6. The summed E-state index contributed by atoms with van der Waals surface area (Å²) in [4.78, 5) is 12.1. The van der Waals surface area contributed by atoms with Crippen LogP contribution in [0.1, 0.15) is 0 Å². The van der Waals surface area contributed by atoms with Crippen LogP contribution in [-0.4, -0.2) is 29.0 Å². The van der Waals surface area contributed by atoms with Crippen LogP contribution in [0.15, 0.2) is 52.1 Å². The molecule has 1 amide bonds. The van der Waals surface area contributed by atoms with E-state index in [0.717, 1.165) is 11.8 Å². The lowest BCUT2D eigenvalue weighted by Gasteiger charge is -2.07.